The molecule has 1 aliphatic carbocycles. The lowest BCUT2D eigenvalue weighted by molar-refractivity contribution is -0.160. The average Bonchev–Trinajstić information content (AvgIpc) is 3.89. The van der Waals surface area contributed by atoms with Crippen molar-refractivity contribution in [1.82, 2.24) is 9.91 Å². The number of fused-ring (bicyclic) bond motifs is 14. The van der Waals surface area contributed by atoms with Gasteiger partial charge in [0.15, 0.2) is 5.75 Å². The summed E-state index contributed by atoms with van der Waals surface area (Å²) in [5, 5.41) is 67.6. The maximum absolute atomic E-state index is 14.5. The van der Waals surface area contributed by atoms with E-state index in [2.05, 4.69) is 15.3 Å². The maximum Gasteiger partial charge on any atom is 0.312 e. The zero-order chi connectivity index (χ0) is 46.1. The van der Waals surface area contributed by atoms with Crippen molar-refractivity contribution >= 4 is 52.7 Å². The molecule has 7 rings (SSSR count). The summed E-state index contributed by atoms with van der Waals surface area (Å²) in [5.41, 5.74) is -0.293. The van der Waals surface area contributed by atoms with Crippen LogP contribution in [0.1, 0.15) is 95.6 Å². The second-order valence-corrected chi connectivity index (χ2v) is 17.8. The van der Waals surface area contributed by atoms with Gasteiger partial charge in [0.1, 0.15) is 23.4 Å². The third kappa shape index (κ3) is 9.86. The highest BCUT2D eigenvalue weighted by molar-refractivity contribution is 6.23. The number of nitrogens with one attached hydrogen (secondary N) is 1. The van der Waals surface area contributed by atoms with E-state index >= 15 is 0 Å². The molecule has 1 saturated heterocycles. The van der Waals surface area contributed by atoms with Crippen LogP contribution in [0.2, 0.25) is 0 Å². The molecule has 0 unspecified atom stereocenters. The Morgan fingerprint density at radius 1 is 0.922 bits per heavy atom. The molecular weight excluding hydrogens is 848 g/mol. The molecule has 17 heteroatoms. The number of aliphatic hydroxyl groups excluding tert-OH is 2. The zero-order valence-electron chi connectivity index (χ0n) is 38.2. The number of hydrazone groups is 1. The molecule has 4 heterocycles. The molecule has 2 fully saturated rings. The molecule has 5 bridgehead atoms. The number of nitrogens with zero attached hydrogens (tertiary/aromatic N) is 3. The first kappa shape index (κ1) is 50.1. The van der Waals surface area contributed by atoms with Gasteiger partial charge in [-0.25, -0.2) is 0 Å². The fraction of sp³-hybridized carbons (Fsp3) is 0.574. The summed E-state index contributed by atoms with van der Waals surface area (Å²) in [6.45, 7) is 15.4. The molecule has 0 radical (unpaired) electrons. The number of hydrogen-bond acceptors (Lipinski definition) is 15. The number of phenols is 3. The maximum atomic E-state index is 14.5. The molecule has 2 aromatic rings. The Balaban J connectivity index is 0.00000771. The summed E-state index contributed by atoms with van der Waals surface area (Å²) >= 11 is 0. The van der Waals surface area contributed by atoms with Gasteiger partial charge in [-0.3, -0.25) is 24.3 Å². The van der Waals surface area contributed by atoms with Crippen molar-refractivity contribution in [1.29, 1.82) is 0 Å². The van der Waals surface area contributed by atoms with Gasteiger partial charge in [-0.15, -0.1) is 12.4 Å². The molecule has 6 N–H and O–H groups in total. The van der Waals surface area contributed by atoms with Gasteiger partial charge < -0.3 is 49.8 Å². The number of phenolic OH excluding ortho intramolecular Hbond substituents is 3. The first-order chi connectivity index (χ1) is 29.8. The second kappa shape index (κ2) is 20.5. The van der Waals surface area contributed by atoms with Crippen LogP contribution in [0.3, 0.4) is 0 Å². The molecule has 64 heavy (non-hydrogen) atoms. The molecule has 0 spiro atoms. The van der Waals surface area contributed by atoms with Crippen molar-refractivity contribution in [2.75, 3.05) is 38.6 Å². The summed E-state index contributed by atoms with van der Waals surface area (Å²) < 4.78 is 23.7. The minimum atomic E-state index is -2.04. The molecule has 1 saturated carbocycles. The Labute approximate surface area is 381 Å². The van der Waals surface area contributed by atoms with Gasteiger partial charge in [0.05, 0.1) is 53.0 Å². The Bertz CT molecular complexity index is 2200. The van der Waals surface area contributed by atoms with E-state index in [1.807, 2.05) is 5.01 Å². The number of Topliss-reactive ketones (excluding diaryl/α,β-unsaturated/α-hetero) is 1. The molecule has 1 amide bonds. The number of methoxy groups -OCH3 is 1. The number of amides is 1. The van der Waals surface area contributed by atoms with Gasteiger partial charge in [-0.1, -0.05) is 58.8 Å². The average molecular weight is 914 g/mol. The van der Waals surface area contributed by atoms with E-state index < -0.39 is 88.8 Å². The number of allylic oxidation sites excluding steroid dienone is 2. The predicted octanol–water partition coefficient (Wildman–Crippen LogP) is 6.07. The van der Waals surface area contributed by atoms with Crippen molar-refractivity contribution in [3.8, 4) is 23.0 Å². The van der Waals surface area contributed by atoms with Crippen LogP contribution in [0, 0.1) is 30.6 Å². The van der Waals surface area contributed by atoms with Gasteiger partial charge in [0.2, 0.25) is 0 Å². The van der Waals surface area contributed by atoms with Crippen molar-refractivity contribution < 1.29 is 58.9 Å². The normalized spacial score (nSPS) is 31.9. The van der Waals surface area contributed by atoms with Crippen molar-refractivity contribution in [2.45, 2.75) is 117 Å². The van der Waals surface area contributed by atoms with Gasteiger partial charge in [0.25, 0.3) is 11.7 Å². The quantitative estimate of drug-likeness (QED) is 0.0869. The van der Waals surface area contributed by atoms with Crippen LogP contribution in [0.15, 0.2) is 41.2 Å². The fourth-order valence-corrected chi connectivity index (χ4v) is 9.47. The number of benzene rings is 2. The van der Waals surface area contributed by atoms with Crippen LogP contribution >= 0.6 is 12.4 Å². The number of rotatable bonds is 5. The SMILES string of the molecule is CO[C@H]1/C=C/O[C@@]2(C)Oc3c(C)c(O)c4c(O)c(c(C=NN5CCN(C6CCCC6)CC5)c(O)c4c3C2=O)NC(=O)/C(C)=C\C=C\[C@H](C)[C@H](O)[C@@H](C)[C@@H](O)[C@H](C)[C@H](OC(C)=O)[C@H]1C.Cl. The van der Waals surface area contributed by atoms with Crippen molar-refractivity contribution in [3.05, 3.63) is 52.8 Å². The van der Waals surface area contributed by atoms with E-state index in [1.165, 1.54) is 85.1 Å². The molecule has 9 atom stereocenters. The number of ether oxygens (including phenoxy) is 4. The number of ketones is 1. The van der Waals surface area contributed by atoms with E-state index in [0.29, 0.717) is 19.1 Å². The molecule has 5 aliphatic rings. The van der Waals surface area contributed by atoms with Crippen molar-refractivity contribution in [2.24, 2.45) is 28.8 Å². The number of esters is 1. The van der Waals surface area contributed by atoms with Crippen LogP contribution in [-0.4, -0.2) is 129 Å². The van der Waals surface area contributed by atoms with Gasteiger partial charge in [-0.2, -0.15) is 5.10 Å². The monoisotopic (exact) mass is 912 g/mol. The number of aromatic hydroxyl groups is 3. The number of carbonyl (C=O) groups is 3. The third-order valence-electron chi connectivity index (χ3n) is 13.5. The molecule has 4 aliphatic heterocycles. The third-order valence-corrected chi connectivity index (χ3v) is 13.5. The number of carbonyl (C=O) groups excluding carboxylic acids is 3. The molecular formula is C47H65ClN4O12. The molecule has 0 aromatic heterocycles. The minimum Gasteiger partial charge on any atom is -0.507 e. The highest BCUT2D eigenvalue weighted by Gasteiger charge is 2.50. The zero-order valence-corrected chi connectivity index (χ0v) is 39.0. The smallest absolute Gasteiger partial charge is 0.312 e. The summed E-state index contributed by atoms with van der Waals surface area (Å²) in [6.07, 6.45) is 9.75. The molecule has 2 aromatic carbocycles. The number of piperazine rings is 1. The Morgan fingerprint density at radius 3 is 2.20 bits per heavy atom. The number of halogens is 1. The Kier molecular flexibility index (Phi) is 16.1. The van der Waals surface area contributed by atoms with E-state index in [1.54, 1.807) is 39.8 Å². The molecule has 16 nitrogen and oxygen atoms in total. The largest absolute Gasteiger partial charge is 0.507 e. The first-order valence-corrected chi connectivity index (χ1v) is 21.9. The summed E-state index contributed by atoms with van der Waals surface area (Å²) in [5.74, 6) is -8.28. The van der Waals surface area contributed by atoms with E-state index in [-0.39, 0.29) is 56.9 Å². The van der Waals surface area contributed by atoms with Crippen LogP contribution < -0.4 is 10.1 Å². The first-order valence-electron chi connectivity index (χ1n) is 21.9. The minimum absolute atomic E-state index is 0. The van der Waals surface area contributed by atoms with Crippen LogP contribution in [-0.2, 0) is 23.8 Å². The van der Waals surface area contributed by atoms with Crippen LogP contribution in [0.4, 0.5) is 5.69 Å². The van der Waals surface area contributed by atoms with Gasteiger partial charge >= 0.3 is 11.8 Å². The Hall–Kier alpha value is -4.87. The molecule has 352 valence electrons. The lowest BCUT2D eigenvalue weighted by Crippen LogP contribution is -2.47. The number of aliphatic hydroxyl groups is 2. The van der Waals surface area contributed by atoms with E-state index in [4.69, 9.17) is 18.9 Å². The van der Waals surface area contributed by atoms with E-state index in [9.17, 15) is 39.9 Å². The van der Waals surface area contributed by atoms with Crippen molar-refractivity contribution in [3.63, 3.8) is 0 Å². The highest BCUT2D eigenvalue weighted by atomic mass is 35.5. The van der Waals surface area contributed by atoms with E-state index in [0.717, 1.165) is 13.1 Å². The lowest BCUT2D eigenvalue weighted by Gasteiger charge is -2.38. The second-order valence-electron chi connectivity index (χ2n) is 17.8. The lowest BCUT2D eigenvalue weighted by atomic mass is 9.78. The fourth-order valence-electron chi connectivity index (χ4n) is 9.47. The number of hydrogen-bond donors (Lipinski definition) is 6. The highest BCUT2D eigenvalue weighted by Crippen LogP contribution is 2.55. The Morgan fingerprint density at radius 2 is 1.58 bits per heavy atom. The van der Waals surface area contributed by atoms with Gasteiger partial charge in [0, 0.05) is 93.4 Å². The summed E-state index contributed by atoms with van der Waals surface area (Å²) in [4.78, 5) is 43.2. The number of anilines is 1. The van der Waals surface area contributed by atoms with Crippen LogP contribution in [0.25, 0.3) is 10.8 Å². The standard InChI is InChI=1S/C47H64N4O12.ClH/c1-24-13-12-14-25(2)46(59)49-37-32(23-48-51-20-18-50(19-21-51)31-15-10-11-16-31)41(56)34-35(42(37)57)40(55)29(6)44-36(34)45(58)47(8,63-44)61-22-17-33(60-9)26(3)43(62-30(7)52)28(5)39(54)27(4)38(24)53;/h12-14,17,22-24,26-28,31,33,38-39,43,53-57H,10-11,15-16,18-21H2,1-9H3,(H,49,59);1H/b13-12+,22-17+,25-14-,48-23?;/t24-,26-,27+,28-,33-,38-,39+,43+,47-;/m0./s1. The van der Waals surface area contributed by atoms with Crippen LogP contribution in [0.5, 0.6) is 23.0 Å². The topological polar surface area (TPSA) is 220 Å². The van der Waals surface area contributed by atoms with Gasteiger partial charge in [-0.05, 0) is 32.8 Å². The summed E-state index contributed by atoms with van der Waals surface area (Å²) in [6, 6.07) is 0.553. The predicted molar refractivity (Wildman–Crippen MR) is 244 cm³/mol. The summed E-state index contributed by atoms with van der Waals surface area (Å²) in [7, 11) is 1.44.